The van der Waals surface area contributed by atoms with Gasteiger partial charge in [0.15, 0.2) is 0 Å². The fraction of sp³-hybridized carbons (Fsp3) is 0.467. The van der Waals surface area contributed by atoms with E-state index in [2.05, 4.69) is 23.8 Å². The summed E-state index contributed by atoms with van der Waals surface area (Å²) in [6.07, 6.45) is 0.691. The summed E-state index contributed by atoms with van der Waals surface area (Å²) in [6, 6.07) is 5.54. The molecule has 4 nitrogen and oxygen atoms in total. The molecular formula is C15H19ClN2O2. The third kappa shape index (κ3) is 3.12. The zero-order valence-electron chi connectivity index (χ0n) is 11.9. The van der Waals surface area contributed by atoms with Gasteiger partial charge in [-0.15, -0.1) is 0 Å². The highest BCUT2D eigenvalue weighted by Crippen LogP contribution is 2.28. The quantitative estimate of drug-likeness (QED) is 0.851. The Balaban J connectivity index is 2.39. The van der Waals surface area contributed by atoms with E-state index in [1.54, 1.807) is 13.0 Å². The highest BCUT2D eigenvalue weighted by Gasteiger charge is 2.26. The molecule has 1 N–H and O–H groups in total. The predicted molar refractivity (Wildman–Crippen MR) is 79.9 cm³/mol. The lowest BCUT2D eigenvalue weighted by molar-refractivity contribution is -0.145. The Hall–Kier alpha value is -1.55. The number of fused-ring (bicyclic) bond motifs is 1. The number of para-hydroxylation sites is 1. The van der Waals surface area contributed by atoms with Gasteiger partial charge in [-0.2, -0.15) is 0 Å². The first-order chi connectivity index (χ1) is 9.52. The first-order valence-electron chi connectivity index (χ1n) is 6.83. The second-order valence-corrected chi connectivity index (χ2v) is 5.60. The Morgan fingerprint density at radius 2 is 2.20 bits per heavy atom. The minimum Gasteiger partial charge on any atom is -0.465 e. The number of aromatic amines is 1. The Morgan fingerprint density at radius 1 is 1.45 bits per heavy atom. The highest BCUT2D eigenvalue weighted by molar-refractivity contribution is 6.34. The molecule has 0 spiro atoms. The second kappa shape index (κ2) is 6.27. The van der Waals surface area contributed by atoms with Gasteiger partial charge in [-0.05, 0) is 31.4 Å². The zero-order valence-corrected chi connectivity index (χ0v) is 12.7. The van der Waals surface area contributed by atoms with E-state index < -0.39 is 0 Å². The summed E-state index contributed by atoms with van der Waals surface area (Å²) in [7, 11) is 0. The molecule has 0 saturated carbocycles. The molecule has 0 aliphatic rings. The summed E-state index contributed by atoms with van der Waals surface area (Å²) in [6.45, 7) is 6.32. The number of carbonyl (C=O) groups excluding carboxylic acids is 1. The number of nitrogens with one attached hydrogen (secondary N) is 1. The SMILES string of the molecule is CCOC(=O)C(CC(C)C)c1nc2c(Cl)cccc2[nH]1. The van der Waals surface area contributed by atoms with Crippen molar-refractivity contribution in [3.63, 3.8) is 0 Å². The molecule has 0 amide bonds. The fourth-order valence-electron chi connectivity index (χ4n) is 2.21. The standard InChI is InChI=1S/C15H19ClN2O2/c1-4-20-15(19)10(8-9(2)3)14-17-12-7-5-6-11(16)13(12)18-14/h5-7,9-10H,4,8H2,1-3H3,(H,17,18). The van der Waals surface area contributed by atoms with Gasteiger partial charge in [0.1, 0.15) is 17.3 Å². The molecule has 1 aromatic heterocycles. The number of halogens is 1. The number of nitrogens with zero attached hydrogens (tertiary/aromatic N) is 1. The summed E-state index contributed by atoms with van der Waals surface area (Å²) in [5.41, 5.74) is 1.53. The van der Waals surface area contributed by atoms with Crippen LogP contribution in [0.5, 0.6) is 0 Å². The molecule has 0 bridgehead atoms. The maximum Gasteiger partial charge on any atom is 0.316 e. The van der Waals surface area contributed by atoms with E-state index in [1.807, 2.05) is 12.1 Å². The Morgan fingerprint density at radius 3 is 2.80 bits per heavy atom. The number of hydrogen-bond donors (Lipinski definition) is 1. The zero-order chi connectivity index (χ0) is 14.7. The van der Waals surface area contributed by atoms with Crippen LogP contribution in [0.2, 0.25) is 5.02 Å². The molecule has 0 radical (unpaired) electrons. The molecule has 0 aliphatic carbocycles. The number of carbonyl (C=O) groups is 1. The summed E-state index contributed by atoms with van der Waals surface area (Å²) in [4.78, 5) is 19.8. The number of hydrogen-bond acceptors (Lipinski definition) is 3. The van der Waals surface area contributed by atoms with E-state index in [0.29, 0.717) is 35.3 Å². The normalized spacial score (nSPS) is 12.8. The van der Waals surface area contributed by atoms with Gasteiger partial charge in [0.2, 0.25) is 0 Å². The third-order valence-corrected chi connectivity index (χ3v) is 3.40. The maximum atomic E-state index is 12.1. The van der Waals surface area contributed by atoms with Gasteiger partial charge in [-0.3, -0.25) is 4.79 Å². The van der Waals surface area contributed by atoms with Crippen LogP contribution in [0.3, 0.4) is 0 Å². The number of H-pyrrole nitrogens is 1. The molecule has 2 rings (SSSR count). The van der Waals surface area contributed by atoms with Gasteiger partial charge in [-0.25, -0.2) is 4.98 Å². The topological polar surface area (TPSA) is 55.0 Å². The van der Waals surface area contributed by atoms with Crippen molar-refractivity contribution in [2.45, 2.75) is 33.1 Å². The monoisotopic (exact) mass is 294 g/mol. The molecule has 108 valence electrons. The minimum absolute atomic E-state index is 0.239. The van der Waals surface area contributed by atoms with Crippen LogP contribution in [0.4, 0.5) is 0 Å². The van der Waals surface area contributed by atoms with Crippen LogP contribution in [0, 0.1) is 5.92 Å². The van der Waals surface area contributed by atoms with E-state index in [4.69, 9.17) is 16.3 Å². The fourth-order valence-corrected chi connectivity index (χ4v) is 2.43. The van der Waals surface area contributed by atoms with E-state index in [9.17, 15) is 4.79 Å². The van der Waals surface area contributed by atoms with Crippen molar-refractivity contribution in [2.24, 2.45) is 5.92 Å². The van der Waals surface area contributed by atoms with E-state index >= 15 is 0 Å². The van der Waals surface area contributed by atoms with Gasteiger partial charge in [-0.1, -0.05) is 31.5 Å². The van der Waals surface area contributed by atoms with E-state index in [-0.39, 0.29) is 11.9 Å². The Kier molecular flexibility index (Phi) is 4.65. The lowest BCUT2D eigenvalue weighted by Gasteiger charge is -2.15. The molecular weight excluding hydrogens is 276 g/mol. The van der Waals surface area contributed by atoms with Gasteiger partial charge < -0.3 is 9.72 Å². The van der Waals surface area contributed by atoms with Gasteiger partial charge in [0, 0.05) is 0 Å². The third-order valence-electron chi connectivity index (χ3n) is 3.09. The van der Waals surface area contributed by atoms with Crippen molar-refractivity contribution in [3.8, 4) is 0 Å². The number of imidazole rings is 1. The minimum atomic E-state index is -0.376. The van der Waals surface area contributed by atoms with Crippen LogP contribution < -0.4 is 0 Å². The van der Waals surface area contributed by atoms with Gasteiger partial charge in [0.25, 0.3) is 0 Å². The average molecular weight is 295 g/mol. The van der Waals surface area contributed by atoms with Crippen LogP contribution in [0.15, 0.2) is 18.2 Å². The summed E-state index contributed by atoms with van der Waals surface area (Å²) in [5.74, 6) is 0.378. The van der Waals surface area contributed by atoms with Crippen LogP contribution in [-0.2, 0) is 9.53 Å². The van der Waals surface area contributed by atoms with Crippen LogP contribution >= 0.6 is 11.6 Å². The van der Waals surface area contributed by atoms with Crippen molar-refractivity contribution in [1.82, 2.24) is 9.97 Å². The number of benzene rings is 1. The number of ether oxygens (including phenoxy) is 1. The molecule has 1 aromatic carbocycles. The van der Waals surface area contributed by atoms with E-state index in [0.717, 1.165) is 5.52 Å². The molecule has 1 heterocycles. The smallest absolute Gasteiger partial charge is 0.316 e. The first-order valence-corrected chi connectivity index (χ1v) is 7.21. The van der Waals surface area contributed by atoms with Crippen LogP contribution in [0.1, 0.15) is 38.9 Å². The van der Waals surface area contributed by atoms with Crippen molar-refractivity contribution in [2.75, 3.05) is 6.61 Å². The van der Waals surface area contributed by atoms with Crippen LogP contribution in [-0.4, -0.2) is 22.5 Å². The van der Waals surface area contributed by atoms with Gasteiger partial charge >= 0.3 is 5.97 Å². The summed E-state index contributed by atoms with van der Waals surface area (Å²) >= 11 is 6.12. The average Bonchev–Trinajstić information content (AvgIpc) is 2.81. The first kappa shape index (κ1) is 14.9. The molecule has 1 unspecified atom stereocenters. The lowest BCUT2D eigenvalue weighted by Crippen LogP contribution is -2.19. The van der Waals surface area contributed by atoms with Crippen molar-refractivity contribution in [3.05, 3.63) is 29.0 Å². The Labute approximate surface area is 123 Å². The molecule has 1 atom stereocenters. The largest absolute Gasteiger partial charge is 0.465 e. The summed E-state index contributed by atoms with van der Waals surface area (Å²) in [5, 5.41) is 0.581. The van der Waals surface area contributed by atoms with E-state index in [1.165, 1.54) is 0 Å². The number of esters is 1. The number of aromatic nitrogens is 2. The molecule has 20 heavy (non-hydrogen) atoms. The van der Waals surface area contributed by atoms with Crippen molar-refractivity contribution in [1.29, 1.82) is 0 Å². The summed E-state index contributed by atoms with van der Waals surface area (Å²) < 4.78 is 5.15. The second-order valence-electron chi connectivity index (χ2n) is 5.19. The highest BCUT2D eigenvalue weighted by atomic mass is 35.5. The van der Waals surface area contributed by atoms with Crippen molar-refractivity contribution >= 4 is 28.6 Å². The number of rotatable bonds is 5. The molecule has 0 aliphatic heterocycles. The molecule has 5 heteroatoms. The molecule has 0 fully saturated rings. The Bertz CT molecular complexity index is 607. The molecule has 0 saturated heterocycles. The van der Waals surface area contributed by atoms with Crippen molar-refractivity contribution < 1.29 is 9.53 Å². The predicted octanol–water partition coefficient (Wildman–Crippen LogP) is 3.91. The van der Waals surface area contributed by atoms with Gasteiger partial charge in [0.05, 0.1) is 17.1 Å². The molecule has 2 aromatic rings. The maximum absolute atomic E-state index is 12.1. The van der Waals surface area contributed by atoms with Crippen LogP contribution in [0.25, 0.3) is 11.0 Å². The lowest BCUT2D eigenvalue weighted by atomic mass is 9.96.